The highest BCUT2D eigenvalue weighted by molar-refractivity contribution is 9.11. The highest BCUT2D eigenvalue weighted by Crippen LogP contribution is 2.61. The summed E-state index contributed by atoms with van der Waals surface area (Å²) in [7, 11) is 0. The summed E-state index contributed by atoms with van der Waals surface area (Å²) in [5, 5.41) is 30.7. The molecule has 3 aromatic carbocycles. The summed E-state index contributed by atoms with van der Waals surface area (Å²) < 4.78 is 12.1. The van der Waals surface area contributed by atoms with Crippen molar-refractivity contribution in [1.29, 1.82) is 10.5 Å². The summed E-state index contributed by atoms with van der Waals surface area (Å²) in [5.41, 5.74) is -0.405. The van der Waals surface area contributed by atoms with Crippen LogP contribution in [0.1, 0.15) is 27.5 Å². The number of aliphatic hydroxyl groups is 1. The summed E-state index contributed by atoms with van der Waals surface area (Å²) in [6.45, 7) is 0.677. The van der Waals surface area contributed by atoms with E-state index in [-0.39, 0.29) is 29.8 Å². The van der Waals surface area contributed by atoms with Crippen molar-refractivity contribution in [3.05, 3.63) is 101 Å². The molecule has 11 heteroatoms. The molecule has 4 atom stereocenters. The van der Waals surface area contributed by atoms with E-state index in [9.17, 15) is 15.2 Å². The van der Waals surface area contributed by atoms with E-state index in [1.54, 1.807) is 34.0 Å². The Morgan fingerprint density at radius 1 is 0.787 bits per heavy atom. The first-order valence-corrected chi connectivity index (χ1v) is 19.6. The van der Waals surface area contributed by atoms with Gasteiger partial charge in [0, 0.05) is 54.7 Å². The molecule has 0 bridgehead atoms. The van der Waals surface area contributed by atoms with Crippen LogP contribution in [0.3, 0.4) is 0 Å². The zero-order valence-corrected chi connectivity index (χ0v) is 31.8. The number of nitrogens with zero attached hydrogens (tertiary/aromatic N) is 2. The van der Waals surface area contributed by atoms with Crippen molar-refractivity contribution < 1.29 is 14.6 Å². The normalized spacial score (nSPS) is 23.6. The van der Waals surface area contributed by atoms with Gasteiger partial charge in [0.25, 0.3) is 0 Å². The highest BCUT2D eigenvalue weighted by atomic mass is 79.9. The number of halogens is 3. The number of esters is 1. The molecule has 5 nitrogen and oxygen atoms in total. The standard InChI is InChI=1S/C13H10BrNOS.C13H9BrO2S.C10H6BrNS/c14-10-2-1-8-3-12(17-11(8)4-10)13(7-15)5-9(13)6-16;14-8-2-1-7-3-11(17-10(7)4-8)13-5-9(13)12(15)16-6-13;11-8-2-1-7-5-9(3-4-12)13-10(7)6-8/h1-4,9,16H,5-6H2;1-4,9H,5-6H2;1-2,5-6H,3H2. The summed E-state index contributed by atoms with van der Waals surface area (Å²) in [6.07, 6.45) is 2.27. The van der Waals surface area contributed by atoms with Crippen LogP contribution in [0.25, 0.3) is 30.3 Å². The lowest BCUT2D eigenvalue weighted by molar-refractivity contribution is -0.141. The quantitative estimate of drug-likeness (QED) is 0.178. The highest BCUT2D eigenvalue weighted by Gasteiger charge is 2.66. The second-order valence-corrected chi connectivity index (χ2v) is 18.1. The van der Waals surface area contributed by atoms with Gasteiger partial charge in [-0.2, -0.15) is 10.5 Å². The fraction of sp³-hybridized carbons (Fsp3) is 0.250. The average Bonchev–Trinajstić information content (AvgIpc) is 3.67. The number of fused-ring (bicyclic) bond motifs is 4. The molecule has 6 aromatic rings. The molecule has 1 aliphatic heterocycles. The van der Waals surface area contributed by atoms with E-state index in [2.05, 4.69) is 121 Å². The number of thiophene rings is 3. The van der Waals surface area contributed by atoms with E-state index >= 15 is 0 Å². The van der Waals surface area contributed by atoms with Crippen LogP contribution in [0.4, 0.5) is 0 Å². The molecule has 0 radical (unpaired) electrons. The Balaban J connectivity index is 0.000000113. The van der Waals surface area contributed by atoms with E-state index in [4.69, 9.17) is 10.00 Å². The fourth-order valence-electron chi connectivity index (χ4n) is 6.16. The minimum atomic E-state index is -0.426. The van der Waals surface area contributed by atoms with Crippen molar-refractivity contribution in [1.82, 2.24) is 0 Å². The van der Waals surface area contributed by atoms with Gasteiger partial charge in [-0.15, -0.1) is 34.0 Å². The van der Waals surface area contributed by atoms with Crippen molar-refractivity contribution in [3.8, 4) is 12.1 Å². The third-order valence-electron chi connectivity index (χ3n) is 9.04. The number of nitriles is 2. The monoisotopic (exact) mass is 866 g/mol. The van der Waals surface area contributed by atoms with E-state index in [0.717, 1.165) is 36.0 Å². The topological polar surface area (TPSA) is 94.1 Å². The summed E-state index contributed by atoms with van der Waals surface area (Å²) >= 11 is 15.5. The fourth-order valence-corrected chi connectivity index (χ4v) is 11.4. The zero-order valence-electron chi connectivity index (χ0n) is 24.6. The molecule has 3 aromatic heterocycles. The zero-order chi connectivity index (χ0) is 32.9. The average molecular weight is 870 g/mol. The van der Waals surface area contributed by atoms with Crippen LogP contribution in [0.2, 0.25) is 0 Å². The number of rotatable bonds is 4. The van der Waals surface area contributed by atoms with Gasteiger partial charge >= 0.3 is 5.97 Å². The molecule has 3 aliphatic rings. The first kappa shape index (κ1) is 32.9. The molecule has 47 heavy (non-hydrogen) atoms. The molecule has 3 fully saturated rings. The van der Waals surface area contributed by atoms with E-state index in [1.807, 2.05) is 12.1 Å². The van der Waals surface area contributed by atoms with Gasteiger partial charge in [-0.3, -0.25) is 4.79 Å². The van der Waals surface area contributed by atoms with Gasteiger partial charge in [0.1, 0.15) is 6.61 Å². The largest absolute Gasteiger partial charge is 0.464 e. The van der Waals surface area contributed by atoms with Gasteiger partial charge < -0.3 is 9.84 Å². The molecule has 4 unspecified atom stereocenters. The minimum Gasteiger partial charge on any atom is -0.464 e. The molecule has 2 saturated carbocycles. The molecular formula is C36H25Br3N2O3S3. The Morgan fingerprint density at radius 2 is 1.34 bits per heavy atom. The lowest BCUT2D eigenvalue weighted by atomic mass is 10.0. The molecule has 9 rings (SSSR count). The molecule has 2 aliphatic carbocycles. The van der Waals surface area contributed by atoms with Gasteiger partial charge in [0.2, 0.25) is 0 Å². The maximum atomic E-state index is 11.4. The van der Waals surface area contributed by atoms with Crippen molar-refractivity contribution >= 4 is 118 Å². The van der Waals surface area contributed by atoms with Crippen LogP contribution in [0.5, 0.6) is 0 Å². The van der Waals surface area contributed by atoms with Crippen LogP contribution in [0.15, 0.2) is 86.2 Å². The summed E-state index contributed by atoms with van der Waals surface area (Å²) in [4.78, 5) is 15.0. The van der Waals surface area contributed by atoms with Gasteiger partial charge in [-0.05, 0) is 83.6 Å². The summed E-state index contributed by atoms with van der Waals surface area (Å²) in [6, 6.07) is 29.5. The lowest BCUT2D eigenvalue weighted by Crippen LogP contribution is -2.08. The summed E-state index contributed by atoms with van der Waals surface area (Å²) in [5.74, 6) is 0.228. The van der Waals surface area contributed by atoms with Gasteiger partial charge in [-0.25, -0.2) is 0 Å². The second-order valence-electron chi connectivity index (χ2n) is 12.0. The van der Waals surface area contributed by atoms with Crippen LogP contribution in [0, 0.1) is 34.5 Å². The SMILES string of the molecule is N#CC1(c2cc3ccc(Br)cc3s2)CC1CO.N#CCc1cc2ccc(Br)cc2s1.O=C1OCC2(c3cc4ccc(Br)cc4s3)CC12. The van der Waals surface area contributed by atoms with Crippen molar-refractivity contribution in [2.24, 2.45) is 11.8 Å². The predicted molar refractivity (Wildman–Crippen MR) is 201 cm³/mol. The molecular weight excluding hydrogens is 844 g/mol. The Morgan fingerprint density at radius 3 is 1.83 bits per heavy atom. The molecule has 4 heterocycles. The number of hydrogen-bond donors (Lipinski definition) is 1. The van der Waals surface area contributed by atoms with Crippen LogP contribution >= 0.6 is 81.8 Å². The maximum Gasteiger partial charge on any atom is 0.310 e. The number of cyclic esters (lactones) is 1. The molecule has 1 N–H and O–H groups in total. The van der Waals surface area contributed by atoms with Crippen molar-refractivity contribution in [2.75, 3.05) is 13.2 Å². The first-order chi connectivity index (χ1) is 22.7. The van der Waals surface area contributed by atoms with Crippen LogP contribution in [-0.2, 0) is 26.8 Å². The number of benzene rings is 3. The molecule has 0 amide bonds. The Labute approximate surface area is 308 Å². The molecule has 1 saturated heterocycles. The van der Waals surface area contributed by atoms with Crippen molar-refractivity contribution in [2.45, 2.75) is 30.1 Å². The van der Waals surface area contributed by atoms with E-state index in [0.29, 0.717) is 13.0 Å². The molecule has 236 valence electrons. The van der Waals surface area contributed by atoms with Crippen LogP contribution in [-0.4, -0.2) is 24.3 Å². The van der Waals surface area contributed by atoms with Crippen molar-refractivity contribution in [3.63, 3.8) is 0 Å². The van der Waals surface area contributed by atoms with Crippen LogP contribution < -0.4 is 0 Å². The third-order valence-corrected chi connectivity index (χ3v) is 14.2. The number of hydrogen-bond acceptors (Lipinski definition) is 8. The number of aliphatic hydroxyl groups excluding tert-OH is 1. The van der Waals surface area contributed by atoms with E-state index < -0.39 is 5.41 Å². The number of carbonyl (C=O) groups excluding carboxylic acids is 1. The Kier molecular flexibility index (Phi) is 9.12. The number of carbonyl (C=O) groups is 1. The van der Waals surface area contributed by atoms with Gasteiger partial charge in [0.05, 0.1) is 35.3 Å². The van der Waals surface area contributed by atoms with Gasteiger partial charge in [0.15, 0.2) is 0 Å². The third kappa shape index (κ3) is 6.33. The van der Waals surface area contributed by atoms with Gasteiger partial charge in [-0.1, -0.05) is 66.0 Å². The predicted octanol–water partition coefficient (Wildman–Crippen LogP) is 10.6. The van der Waals surface area contributed by atoms with E-state index in [1.165, 1.54) is 35.1 Å². The maximum absolute atomic E-state index is 11.4. The first-order valence-electron chi connectivity index (χ1n) is 14.8. The minimum absolute atomic E-state index is 0.0105. The Bertz CT molecular complexity index is 2260. The lowest BCUT2D eigenvalue weighted by Gasteiger charge is -2.05. The number of ether oxygens (including phenoxy) is 1. The smallest absolute Gasteiger partial charge is 0.310 e. The molecule has 0 spiro atoms. The second kappa shape index (κ2) is 13.0. The Hall–Kier alpha value is -2.61.